The minimum Gasteiger partial charge on any atom is -0.399 e. The van der Waals surface area contributed by atoms with Gasteiger partial charge >= 0.3 is 89.1 Å². The number of benzene rings is 1. The molecule has 0 bridgehead atoms. The molecular weight excluding hydrogens is 351 g/mol. The monoisotopic (exact) mass is 370 g/mol. The Hall–Kier alpha value is -1.79. The van der Waals surface area contributed by atoms with Gasteiger partial charge in [-0.3, -0.25) is 0 Å². The van der Waals surface area contributed by atoms with E-state index in [1.54, 1.807) is 12.2 Å². The van der Waals surface area contributed by atoms with E-state index in [0.717, 1.165) is 5.69 Å². The van der Waals surface area contributed by atoms with E-state index in [2.05, 4.69) is 9.19 Å². The first-order valence-electron chi connectivity index (χ1n) is 6.43. The van der Waals surface area contributed by atoms with Crippen LogP contribution < -0.4 is 11.1 Å². The summed E-state index contributed by atoms with van der Waals surface area (Å²) in [5.74, 6) is -0.470. The van der Waals surface area contributed by atoms with Crippen LogP contribution in [0.3, 0.4) is 0 Å². The van der Waals surface area contributed by atoms with Gasteiger partial charge in [0.25, 0.3) is 0 Å². The Bertz CT molecular complexity index is 603. The van der Waals surface area contributed by atoms with Gasteiger partial charge in [-0.25, -0.2) is 0 Å². The number of nitrogen functional groups attached to an aromatic ring is 1. The van der Waals surface area contributed by atoms with E-state index >= 15 is 0 Å². The van der Waals surface area contributed by atoms with Crippen molar-refractivity contribution in [3.8, 4) is 0 Å². The van der Waals surface area contributed by atoms with Crippen molar-refractivity contribution in [3.63, 3.8) is 0 Å². The maximum Gasteiger partial charge on any atom is 0.0313 e. The molecule has 0 heterocycles. The van der Waals surface area contributed by atoms with E-state index in [4.69, 9.17) is 11.0 Å². The zero-order valence-electron chi connectivity index (χ0n) is 12.0. The van der Waals surface area contributed by atoms with Gasteiger partial charge in [-0.2, -0.15) is 0 Å². The van der Waals surface area contributed by atoms with E-state index in [1.165, 1.54) is 19.1 Å². The summed E-state index contributed by atoms with van der Waals surface area (Å²) in [6.45, 7) is 1.22. The summed E-state index contributed by atoms with van der Waals surface area (Å²) in [6, 6.07) is 9.49. The Balaban J connectivity index is 0.000000287. The second-order valence-corrected chi connectivity index (χ2v) is 8.81. The molecule has 8 heteroatoms. The van der Waals surface area contributed by atoms with Crippen LogP contribution in [-0.4, -0.2) is 33.8 Å². The maximum atomic E-state index is 11.6. The van der Waals surface area contributed by atoms with Gasteiger partial charge in [0, 0.05) is 5.69 Å². The molecule has 1 aliphatic rings. The van der Waals surface area contributed by atoms with Crippen molar-refractivity contribution >= 4 is 25.8 Å². The van der Waals surface area contributed by atoms with Crippen LogP contribution in [0.5, 0.6) is 0 Å². The van der Waals surface area contributed by atoms with Crippen LogP contribution >= 0.6 is 0 Å². The van der Waals surface area contributed by atoms with Crippen molar-refractivity contribution in [2.45, 2.75) is 17.7 Å². The number of allylic oxidation sites excluding steroid dienone is 2. The van der Waals surface area contributed by atoms with E-state index in [0.29, 0.717) is 0 Å². The van der Waals surface area contributed by atoms with E-state index in [9.17, 15) is 12.6 Å². The number of hydrogen-bond acceptors (Lipinski definition) is 5. The minimum absolute atomic E-state index is 0.108. The predicted molar refractivity (Wildman–Crippen MR) is 82.7 cm³/mol. The van der Waals surface area contributed by atoms with E-state index < -0.39 is 24.4 Å². The summed E-state index contributed by atoms with van der Waals surface area (Å²) >= 11 is -5.02. The van der Waals surface area contributed by atoms with Crippen molar-refractivity contribution in [3.05, 3.63) is 54.6 Å². The molecule has 1 aromatic carbocycles. The third kappa shape index (κ3) is 4.89. The van der Waals surface area contributed by atoms with Gasteiger partial charge in [-0.15, -0.1) is 0 Å². The summed E-state index contributed by atoms with van der Waals surface area (Å²) in [6.07, 6.45) is 6.26. The Kier molecular flexibility index (Phi) is 6.64. The second-order valence-electron chi connectivity index (χ2n) is 4.61. The number of amides is 1. The number of rotatable bonds is 3. The van der Waals surface area contributed by atoms with Crippen LogP contribution in [0.1, 0.15) is 13.3 Å². The molecule has 1 aromatic rings. The molecule has 2 atom stereocenters. The molecule has 0 aliphatic heterocycles. The summed E-state index contributed by atoms with van der Waals surface area (Å²) in [4.78, 5) is 11.0. The first kappa shape index (κ1) is 18.3. The number of carbonyl (C=O) groups excluding carboxylic acids is 1. The maximum absolute atomic E-state index is 11.6. The fraction of sp³-hybridized carbons (Fsp3) is 0.214. The Labute approximate surface area is 131 Å². The van der Waals surface area contributed by atoms with Gasteiger partial charge < -0.3 is 5.73 Å². The third-order valence-corrected chi connectivity index (χ3v) is 6.37. The first-order chi connectivity index (χ1) is 10.3. The molecule has 2 unspecified atom stereocenters. The number of para-hydroxylation sites is 1. The van der Waals surface area contributed by atoms with Gasteiger partial charge in [-0.05, 0) is 12.1 Å². The molecule has 0 radical (unpaired) electrons. The topological polar surface area (TPSA) is 122 Å². The van der Waals surface area contributed by atoms with Crippen LogP contribution in [0.15, 0.2) is 54.6 Å². The number of nitrogens with two attached hydrogens (primary N) is 1. The molecule has 0 spiro atoms. The SMILES string of the molecule is CC(=O)NC1([As](=O)(O)OO)C=CC=CC1.Nc1ccccc1. The third-order valence-electron chi connectivity index (χ3n) is 2.86. The second kappa shape index (κ2) is 8.00. The quantitative estimate of drug-likeness (QED) is 0.273. The van der Waals surface area contributed by atoms with Crippen LogP contribution in [0.4, 0.5) is 5.69 Å². The Morgan fingerprint density at radius 2 is 2.00 bits per heavy atom. The number of anilines is 1. The molecule has 0 saturated heterocycles. The molecule has 7 nitrogen and oxygen atoms in total. The molecule has 2 rings (SSSR count). The first-order valence-corrected chi connectivity index (χ1v) is 9.74. The zero-order valence-corrected chi connectivity index (χ0v) is 13.9. The Morgan fingerprint density at radius 3 is 2.36 bits per heavy atom. The predicted octanol–water partition coefficient (Wildman–Crippen LogP) is 1.04. The molecule has 0 aromatic heterocycles. The smallest absolute Gasteiger partial charge is 0.0313 e. The van der Waals surface area contributed by atoms with Crippen molar-refractivity contribution in [2.75, 3.05) is 5.73 Å². The fourth-order valence-electron chi connectivity index (χ4n) is 1.81. The van der Waals surface area contributed by atoms with Gasteiger partial charge in [0.1, 0.15) is 0 Å². The Morgan fingerprint density at radius 1 is 1.36 bits per heavy atom. The largest absolute Gasteiger partial charge is 0.399 e. The molecule has 120 valence electrons. The van der Waals surface area contributed by atoms with Crippen molar-refractivity contribution in [1.82, 2.24) is 5.32 Å². The molecule has 0 fully saturated rings. The van der Waals surface area contributed by atoms with Crippen molar-refractivity contribution in [1.29, 1.82) is 0 Å². The van der Waals surface area contributed by atoms with Crippen molar-refractivity contribution < 1.29 is 21.8 Å². The van der Waals surface area contributed by atoms with Crippen LogP contribution in [0.25, 0.3) is 0 Å². The molecule has 22 heavy (non-hydrogen) atoms. The minimum atomic E-state index is -5.02. The number of nitrogens with one attached hydrogen (secondary N) is 1. The molecule has 5 N–H and O–H groups in total. The standard InChI is InChI=1S/C8H12AsNO5.C6H7N/c1-7(11)10-8(9(12,13)15-14)5-3-2-4-6-8;7-6-4-2-1-3-5-6/h2-5,14H,6H2,1H3,(H,10,11)(H,12,13);1-5H,7H2. The van der Waals surface area contributed by atoms with Gasteiger partial charge in [0.2, 0.25) is 0 Å². The molecule has 0 saturated carbocycles. The summed E-state index contributed by atoms with van der Waals surface area (Å²) < 4.78 is 23.3. The van der Waals surface area contributed by atoms with Crippen LogP contribution in [0.2, 0.25) is 0 Å². The van der Waals surface area contributed by atoms with Crippen LogP contribution in [0, 0.1) is 0 Å². The van der Waals surface area contributed by atoms with E-state index in [-0.39, 0.29) is 6.42 Å². The average Bonchev–Trinajstić information content (AvgIpc) is 2.49. The molecule has 1 amide bonds. The normalized spacial score (nSPS) is 22.1. The molecular formula is C14H19AsN2O5. The molecule has 1 aliphatic carbocycles. The summed E-state index contributed by atoms with van der Waals surface area (Å²) in [7, 11) is 0. The summed E-state index contributed by atoms with van der Waals surface area (Å²) in [5, 5.41) is 10.8. The van der Waals surface area contributed by atoms with E-state index in [1.807, 2.05) is 30.3 Å². The average molecular weight is 370 g/mol. The van der Waals surface area contributed by atoms with Gasteiger partial charge in [-0.1, -0.05) is 18.2 Å². The number of hydrogen-bond donors (Lipinski definition) is 4. The fourth-order valence-corrected chi connectivity index (χ4v) is 4.03. The van der Waals surface area contributed by atoms with Gasteiger partial charge in [0.05, 0.1) is 0 Å². The van der Waals surface area contributed by atoms with Gasteiger partial charge in [0.15, 0.2) is 0 Å². The van der Waals surface area contributed by atoms with Crippen molar-refractivity contribution in [2.24, 2.45) is 0 Å². The zero-order chi connectivity index (χ0) is 16.6. The van der Waals surface area contributed by atoms with Crippen LogP contribution in [-0.2, 0) is 12.4 Å². The summed E-state index contributed by atoms with van der Waals surface area (Å²) in [5.41, 5.74) is 6.18. The number of carbonyl (C=O) groups is 1.